The lowest BCUT2D eigenvalue weighted by atomic mass is 10.2. The Hall–Kier alpha value is -4.93. The van der Waals surface area contributed by atoms with Gasteiger partial charge in [-0.15, -0.1) is 0 Å². The molecule has 3 aromatic heterocycles. The highest BCUT2D eigenvalue weighted by Crippen LogP contribution is 2.31. The number of amides is 1. The molecule has 11 nitrogen and oxygen atoms in total. The highest BCUT2D eigenvalue weighted by molar-refractivity contribution is 5.88. The van der Waals surface area contributed by atoms with Gasteiger partial charge in [0.05, 0.1) is 22.9 Å². The van der Waals surface area contributed by atoms with Crippen LogP contribution in [0.4, 0.5) is 22.1 Å². The van der Waals surface area contributed by atoms with Crippen molar-refractivity contribution >= 4 is 45.5 Å². The molecular formula is C32H36N8O3. The maximum absolute atomic E-state index is 12.7. The molecule has 222 valence electrons. The SMILES string of the molecule is Cc1cc(Nc2ncnc3ccc(N4CCN(C(=O)OC(C)(C)C)[C@@H](C)C4)nc23)ccc1Oc1ccc2c(c1)ncn2C. The van der Waals surface area contributed by atoms with E-state index in [2.05, 4.69) is 25.2 Å². The van der Waals surface area contributed by atoms with Crippen LogP contribution in [0.3, 0.4) is 0 Å². The van der Waals surface area contributed by atoms with Crippen molar-refractivity contribution in [1.29, 1.82) is 0 Å². The maximum atomic E-state index is 12.7. The van der Waals surface area contributed by atoms with Gasteiger partial charge in [0.2, 0.25) is 0 Å². The van der Waals surface area contributed by atoms with E-state index in [0.717, 1.165) is 45.1 Å². The van der Waals surface area contributed by atoms with Crippen LogP contribution in [0.15, 0.2) is 61.2 Å². The Balaban J connectivity index is 1.18. The second-order valence-corrected chi connectivity index (χ2v) is 11.9. The number of piperazine rings is 1. The van der Waals surface area contributed by atoms with Gasteiger partial charge in [0.1, 0.15) is 34.8 Å². The van der Waals surface area contributed by atoms with Crippen molar-refractivity contribution in [3.8, 4) is 11.5 Å². The van der Waals surface area contributed by atoms with Crippen molar-refractivity contribution < 1.29 is 14.3 Å². The molecule has 6 rings (SSSR count). The Morgan fingerprint density at radius 3 is 2.60 bits per heavy atom. The molecule has 1 aliphatic heterocycles. The van der Waals surface area contributed by atoms with Gasteiger partial charge in [0, 0.05) is 44.5 Å². The lowest BCUT2D eigenvalue weighted by Crippen LogP contribution is -2.55. The van der Waals surface area contributed by atoms with E-state index in [4.69, 9.17) is 14.5 Å². The van der Waals surface area contributed by atoms with Crippen molar-refractivity contribution in [1.82, 2.24) is 29.4 Å². The summed E-state index contributed by atoms with van der Waals surface area (Å²) >= 11 is 0. The van der Waals surface area contributed by atoms with Crippen LogP contribution in [0.5, 0.6) is 11.5 Å². The Kier molecular flexibility index (Phi) is 7.25. The molecule has 0 unspecified atom stereocenters. The fourth-order valence-corrected chi connectivity index (χ4v) is 5.24. The Bertz CT molecular complexity index is 1810. The number of anilines is 3. The quantitative estimate of drug-likeness (QED) is 0.260. The van der Waals surface area contributed by atoms with Crippen LogP contribution in [-0.2, 0) is 11.8 Å². The van der Waals surface area contributed by atoms with Gasteiger partial charge in [-0.1, -0.05) is 0 Å². The smallest absolute Gasteiger partial charge is 0.410 e. The van der Waals surface area contributed by atoms with E-state index in [-0.39, 0.29) is 12.1 Å². The zero-order valence-corrected chi connectivity index (χ0v) is 25.3. The van der Waals surface area contributed by atoms with Gasteiger partial charge in [-0.3, -0.25) is 0 Å². The highest BCUT2D eigenvalue weighted by Gasteiger charge is 2.31. The molecule has 0 bridgehead atoms. The molecule has 0 spiro atoms. The maximum Gasteiger partial charge on any atom is 0.410 e. The van der Waals surface area contributed by atoms with Gasteiger partial charge >= 0.3 is 6.09 Å². The average molecular weight is 581 g/mol. The standard InChI is InChI=1S/C32H36N8O3/c1-20-15-22(7-11-27(20)42-23-8-10-26-25(16-23)35-19-38(26)6)36-30-29-24(33-18-34-30)9-12-28(37-29)39-13-14-40(21(2)17-39)31(41)43-32(3,4)5/h7-12,15-16,18-19,21H,13-14,17H2,1-6H3,(H,33,34,36)/t21-/m0/s1. The molecule has 2 aromatic carbocycles. The highest BCUT2D eigenvalue weighted by atomic mass is 16.6. The number of ether oxygens (including phenoxy) is 2. The third-order valence-corrected chi connectivity index (χ3v) is 7.41. The molecule has 5 aromatic rings. The molecule has 1 amide bonds. The summed E-state index contributed by atoms with van der Waals surface area (Å²) in [6, 6.07) is 15.7. The van der Waals surface area contributed by atoms with Crippen LogP contribution in [0, 0.1) is 6.92 Å². The molecule has 1 saturated heterocycles. The minimum atomic E-state index is -0.530. The first-order valence-electron chi connectivity index (χ1n) is 14.4. The molecule has 0 saturated carbocycles. The number of rotatable bonds is 5. The fraction of sp³-hybridized carbons (Fsp3) is 0.344. The zero-order chi connectivity index (χ0) is 30.3. The van der Waals surface area contributed by atoms with Crippen LogP contribution >= 0.6 is 0 Å². The first kappa shape index (κ1) is 28.2. The van der Waals surface area contributed by atoms with Crippen LogP contribution in [0.1, 0.15) is 33.3 Å². The summed E-state index contributed by atoms with van der Waals surface area (Å²) in [7, 11) is 1.97. The number of aromatic nitrogens is 5. The summed E-state index contributed by atoms with van der Waals surface area (Å²) in [5.74, 6) is 2.91. The number of carbonyl (C=O) groups is 1. The number of nitrogens with zero attached hydrogens (tertiary/aromatic N) is 7. The van der Waals surface area contributed by atoms with Crippen molar-refractivity contribution in [2.45, 2.75) is 46.3 Å². The zero-order valence-electron chi connectivity index (χ0n) is 25.3. The predicted molar refractivity (Wildman–Crippen MR) is 167 cm³/mol. The summed E-state index contributed by atoms with van der Waals surface area (Å²) < 4.78 is 13.8. The monoisotopic (exact) mass is 580 g/mol. The summed E-state index contributed by atoms with van der Waals surface area (Å²) in [6.07, 6.45) is 3.04. The second-order valence-electron chi connectivity index (χ2n) is 11.9. The van der Waals surface area contributed by atoms with Crippen LogP contribution in [0.2, 0.25) is 0 Å². The lowest BCUT2D eigenvalue weighted by Gasteiger charge is -2.40. The van der Waals surface area contributed by atoms with E-state index in [0.29, 0.717) is 31.0 Å². The van der Waals surface area contributed by atoms with Gasteiger partial charge in [-0.25, -0.2) is 24.7 Å². The molecule has 11 heteroatoms. The third-order valence-electron chi connectivity index (χ3n) is 7.41. The molecule has 0 aliphatic carbocycles. The number of imidazole rings is 1. The summed E-state index contributed by atoms with van der Waals surface area (Å²) in [5.41, 5.74) is 4.64. The van der Waals surface area contributed by atoms with Crippen molar-refractivity contribution in [3.05, 3.63) is 66.7 Å². The molecule has 43 heavy (non-hydrogen) atoms. The van der Waals surface area contributed by atoms with E-state index in [1.165, 1.54) is 6.33 Å². The number of nitrogens with one attached hydrogen (secondary N) is 1. The number of hydrogen-bond acceptors (Lipinski definition) is 9. The van der Waals surface area contributed by atoms with Gasteiger partial charge in [0.15, 0.2) is 5.82 Å². The predicted octanol–water partition coefficient (Wildman–Crippen LogP) is 6.20. The van der Waals surface area contributed by atoms with Crippen molar-refractivity contribution in [2.24, 2.45) is 7.05 Å². The van der Waals surface area contributed by atoms with Gasteiger partial charge in [0.25, 0.3) is 0 Å². The third kappa shape index (κ3) is 6.01. The summed E-state index contributed by atoms with van der Waals surface area (Å²) in [4.78, 5) is 35.0. The number of hydrogen-bond donors (Lipinski definition) is 1. The van der Waals surface area contributed by atoms with Crippen LogP contribution in [-0.4, -0.2) is 66.8 Å². The Labute approximate surface area is 250 Å². The minimum Gasteiger partial charge on any atom is -0.457 e. The number of aryl methyl sites for hydroxylation is 2. The molecule has 1 N–H and O–H groups in total. The minimum absolute atomic E-state index is 0.0275. The van der Waals surface area contributed by atoms with Crippen LogP contribution in [0.25, 0.3) is 22.1 Å². The second kappa shape index (κ2) is 11.0. The molecule has 4 heterocycles. The first-order valence-corrected chi connectivity index (χ1v) is 14.4. The van der Waals surface area contributed by atoms with Crippen molar-refractivity contribution in [2.75, 3.05) is 29.9 Å². The molecular weight excluding hydrogens is 544 g/mol. The molecule has 1 atom stereocenters. The van der Waals surface area contributed by atoms with Gasteiger partial charge in [-0.2, -0.15) is 0 Å². The summed E-state index contributed by atoms with van der Waals surface area (Å²) in [6.45, 7) is 11.5. The Morgan fingerprint density at radius 1 is 1.00 bits per heavy atom. The van der Waals surface area contributed by atoms with Gasteiger partial charge < -0.3 is 29.2 Å². The topological polar surface area (TPSA) is 111 Å². The number of carbonyl (C=O) groups excluding carboxylic acids is 1. The van der Waals surface area contributed by atoms with E-state index in [1.807, 2.05) is 94.8 Å². The van der Waals surface area contributed by atoms with Crippen molar-refractivity contribution in [3.63, 3.8) is 0 Å². The van der Waals surface area contributed by atoms with E-state index in [1.54, 1.807) is 11.2 Å². The van der Waals surface area contributed by atoms with Gasteiger partial charge in [-0.05, 0) is 82.6 Å². The number of benzene rings is 2. The molecule has 1 fully saturated rings. The first-order chi connectivity index (χ1) is 20.5. The van der Waals surface area contributed by atoms with E-state index < -0.39 is 5.60 Å². The molecule has 1 aliphatic rings. The van der Waals surface area contributed by atoms with E-state index in [9.17, 15) is 4.79 Å². The lowest BCUT2D eigenvalue weighted by molar-refractivity contribution is 0.0158. The largest absolute Gasteiger partial charge is 0.457 e. The molecule has 0 radical (unpaired) electrons. The average Bonchev–Trinajstić information content (AvgIpc) is 3.33. The van der Waals surface area contributed by atoms with Crippen LogP contribution < -0.4 is 15.0 Å². The fourth-order valence-electron chi connectivity index (χ4n) is 5.24. The Morgan fingerprint density at radius 2 is 1.84 bits per heavy atom. The normalized spacial score (nSPS) is 15.6. The van der Waals surface area contributed by atoms with E-state index >= 15 is 0 Å². The number of fused-ring (bicyclic) bond motifs is 2. The number of pyridine rings is 1. The summed E-state index contributed by atoms with van der Waals surface area (Å²) in [5, 5.41) is 3.42.